The molecule has 2 rings (SSSR count). The third-order valence-corrected chi connectivity index (χ3v) is 6.92. The van der Waals surface area contributed by atoms with Crippen molar-refractivity contribution in [3.8, 4) is 0 Å². The number of aromatic nitrogens is 2. The molecule has 2 atom stereocenters. The number of nitrogens with zero attached hydrogens (tertiary/aromatic N) is 3. The molecular formula is C19H31ClN4O2. The first-order valence-electron chi connectivity index (χ1n) is 9.12. The Morgan fingerprint density at radius 1 is 1.31 bits per heavy atom. The van der Waals surface area contributed by atoms with Gasteiger partial charge in [0.2, 0.25) is 11.8 Å². The Balaban J connectivity index is 2.04. The Morgan fingerprint density at radius 2 is 1.92 bits per heavy atom. The van der Waals surface area contributed by atoms with Gasteiger partial charge in [0.05, 0.1) is 28.4 Å². The van der Waals surface area contributed by atoms with Crippen molar-refractivity contribution < 1.29 is 9.59 Å². The van der Waals surface area contributed by atoms with E-state index in [-0.39, 0.29) is 17.7 Å². The second-order valence-corrected chi connectivity index (χ2v) is 8.72. The molecule has 1 aromatic heterocycles. The highest BCUT2D eigenvalue weighted by Crippen LogP contribution is 2.56. The summed E-state index contributed by atoms with van der Waals surface area (Å²) in [4.78, 5) is 27.1. The molecule has 1 N–H and O–H groups in total. The Kier molecular flexibility index (Phi) is 5.76. The molecule has 0 spiro atoms. The SMILES string of the molecule is Cc1nn(CCNC(=O)[C@@]2(C)CC[C@@H](C(=O)N(C)C)C2(C)C)c(C)c1Cl. The largest absolute Gasteiger partial charge is 0.354 e. The smallest absolute Gasteiger partial charge is 0.226 e. The van der Waals surface area contributed by atoms with E-state index in [1.54, 1.807) is 19.0 Å². The number of amides is 2. The molecule has 0 radical (unpaired) electrons. The minimum atomic E-state index is -0.573. The van der Waals surface area contributed by atoms with Crippen molar-refractivity contribution in [3.63, 3.8) is 0 Å². The fraction of sp³-hybridized carbons (Fsp3) is 0.737. The number of halogens is 1. The van der Waals surface area contributed by atoms with E-state index in [1.807, 2.05) is 39.3 Å². The third-order valence-electron chi connectivity index (χ3n) is 6.37. The quantitative estimate of drug-likeness (QED) is 0.851. The van der Waals surface area contributed by atoms with Gasteiger partial charge in [0.15, 0.2) is 0 Å². The fourth-order valence-corrected chi connectivity index (χ4v) is 4.15. The second kappa shape index (κ2) is 7.22. The van der Waals surface area contributed by atoms with E-state index >= 15 is 0 Å². The highest BCUT2D eigenvalue weighted by Gasteiger charge is 2.58. The zero-order valence-electron chi connectivity index (χ0n) is 16.9. The second-order valence-electron chi connectivity index (χ2n) is 8.34. The number of hydrogen-bond acceptors (Lipinski definition) is 3. The van der Waals surface area contributed by atoms with E-state index in [0.29, 0.717) is 24.5 Å². The van der Waals surface area contributed by atoms with Crippen LogP contribution in [-0.4, -0.2) is 47.1 Å². The van der Waals surface area contributed by atoms with Gasteiger partial charge in [0.25, 0.3) is 0 Å². The van der Waals surface area contributed by atoms with Gasteiger partial charge in [-0.2, -0.15) is 5.10 Å². The molecule has 1 fully saturated rings. The summed E-state index contributed by atoms with van der Waals surface area (Å²) < 4.78 is 1.82. The number of carbonyl (C=O) groups is 2. The van der Waals surface area contributed by atoms with E-state index in [1.165, 1.54) is 0 Å². The molecule has 0 saturated heterocycles. The van der Waals surface area contributed by atoms with Gasteiger partial charge in [-0.05, 0) is 32.1 Å². The molecular weight excluding hydrogens is 352 g/mol. The van der Waals surface area contributed by atoms with Crippen LogP contribution in [0.15, 0.2) is 0 Å². The van der Waals surface area contributed by atoms with Crippen molar-refractivity contribution in [2.45, 2.75) is 54.0 Å². The van der Waals surface area contributed by atoms with Crippen molar-refractivity contribution in [1.82, 2.24) is 20.0 Å². The predicted octanol–water partition coefficient (Wildman–Crippen LogP) is 2.80. The first-order valence-corrected chi connectivity index (χ1v) is 9.50. The molecule has 146 valence electrons. The highest BCUT2D eigenvalue weighted by molar-refractivity contribution is 6.31. The van der Waals surface area contributed by atoms with Crippen molar-refractivity contribution in [1.29, 1.82) is 0 Å². The molecule has 6 nitrogen and oxygen atoms in total. The molecule has 26 heavy (non-hydrogen) atoms. The normalized spacial score (nSPS) is 24.5. The predicted molar refractivity (Wildman–Crippen MR) is 103 cm³/mol. The van der Waals surface area contributed by atoms with Crippen LogP contribution in [0, 0.1) is 30.6 Å². The van der Waals surface area contributed by atoms with E-state index in [2.05, 4.69) is 10.4 Å². The van der Waals surface area contributed by atoms with Gasteiger partial charge < -0.3 is 10.2 Å². The highest BCUT2D eigenvalue weighted by atomic mass is 35.5. The average molecular weight is 383 g/mol. The van der Waals surface area contributed by atoms with Crippen molar-refractivity contribution in [2.24, 2.45) is 16.7 Å². The minimum absolute atomic E-state index is 0.00387. The van der Waals surface area contributed by atoms with E-state index in [9.17, 15) is 9.59 Å². The molecule has 1 aromatic rings. The molecule has 7 heteroatoms. The lowest BCUT2D eigenvalue weighted by Crippen LogP contribution is -2.49. The molecule has 1 aliphatic rings. The summed E-state index contributed by atoms with van der Waals surface area (Å²) in [6, 6.07) is 0. The number of hydrogen-bond donors (Lipinski definition) is 1. The summed E-state index contributed by atoms with van der Waals surface area (Å²) in [5, 5.41) is 8.11. The van der Waals surface area contributed by atoms with E-state index in [4.69, 9.17) is 11.6 Å². The van der Waals surface area contributed by atoms with Gasteiger partial charge in [-0.3, -0.25) is 14.3 Å². The molecule has 1 heterocycles. The Morgan fingerprint density at radius 3 is 2.42 bits per heavy atom. The number of nitrogens with one attached hydrogen (secondary N) is 1. The fourth-order valence-electron chi connectivity index (χ4n) is 4.01. The first kappa shape index (κ1) is 20.7. The van der Waals surface area contributed by atoms with Crippen LogP contribution in [0.3, 0.4) is 0 Å². The van der Waals surface area contributed by atoms with Crippen LogP contribution in [0.1, 0.15) is 45.0 Å². The summed E-state index contributed by atoms with van der Waals surface area (Å²) >= 11 is 6.17. The van der Waals surface area contributed by atoms with Crippen molar-refractivity contribution in [3.05, 3.63) is 16.4 Å². The van der Waals surface area contributed by atoms with Gasteiger partial charge in [-0.1, -0.05) is 32.4 Å². The first-order chi connectivity index (χ1) is 11.9. The molecule has 0 unspecified atom stereocenters. The number of carbonyl (C=O) groups excluding carboxylic acids is 2. The van der Waals surface area contributed by atoms with Crippen LogP contribution in [0.2, 0.25) is 5.02 Å². The summed E-state index contributed by atoms with van der Waals surface area (Å²) in [5.74, 6) is -0.0314. The lowest BCUT2D eigenvalue weighted by molar-refractivity contribution is -0.142. The Labute approximate surface area is 161 Å². The maximum atomic E-state index is 13.0. The van der Waals surface area contributed by atoms with Gasteiger partial charge in [-0.25, -0.2) is 0 Å². The lowest BCUT2D eigenvalue weighted by atomic mass is 9.65. The minimum Gasteiger partial charge on any atom is -0.354 e. The molecule has 0 bridgehead atoms. The third kappa shape index (κ3) is 3.36. The van der Waals surface area contributed by atoms with Gasteiger partial charge >= 0.3 is 0 Å². The lowest BCUT2D eigenvalue weighted by Gasteiger charge is -2.40. The topological polar surface area (TPSA) is 67.2 Å². The van der Waals surface area contributed by atoms with Crippen LogP contribution >= 0.6 is 11.6 Å². The van der Waals surface area contributed by atoms with E-state index in [0.717, 1.165) is 17.8 Å². The number of aryl methyl sites for hydroxylation is 1. The van der Waals surface area contributed by atoms with Crippen LogP contribution in [0.25, 0.3) is 0 Å². The van der Waals surface area contributed by atoms with Crippen LogP contribution < -0.4 is 5.32 Å². The van der Waals surface area contributed by atoms with Crippen LogP contribution in [0.5, 0.6) is 0 Å². The van der Waals surface area contributed by atoms with Gasteiger partial charge in [0.1, 0.15) is 0 Å². The van der Waals surface area contributed by atoms with Crippen molar-refractivity contribution >= 4 is 23.4 Å². The van der Waals surface area contributed by atoms with Gasteiger partial charge in [-0.15, -0.1) is 0 Å². The summed E-state index contributed by atoms with van der Waals surface area (Å²) in [7, 11) is 3.54. The summed E-state index contributed by atoms with van der Waals surface area (Å²) in [6.07, 6.45) is 1.45. The standard InChI is InChI=1S/C19H31ClN4O2/c1-12-15(20)13(2)24(22-12)11-10-21-17(26)19(5)9-8-14(18(19,3)4)16(25)23(6)7/h14H,8-11H2,1-7H3,(H,21,26)/t14-,19+/m0/s1. The van der Waals surface area contributed by atoms with E-state index < -0.39 is 10.8 Å². The molecule has 0 aromatic carbocycles. The molecule has 2 amide bonds. The zero-order chi connectivity index (χ0) is 19.9. The maximum Gasteiger partial charge on any atom is 0.226 e. The zero-order valence-corrected chi connectivity index (χ0v) is 17.7. The summed E-state index contributed by atoms with van der Waals surface area (Å²) in [5.41, 5.74) is 0.725. The Hall–Kier alpha value is -1.56. The molecule has 1 aliphatic carbocycles. The monoisotopic (exact) mass is 382 g/mol. The Bertz CT molecular complexity index is 711. The van der Waals surface area contributed by atoms with Gasteiger partial charge in [0, 0.05) is 26.6 Å². The summed E-state index contributed by atoms with van der Waals surface area (Å²) in [6.45, 7) is 10.9. The molecule has 0 aliphatic heterocycles. The maximum absolute atomic E-state index is 13.0. The number of rotatable bonds is 5. The molecule has 1 saturated carbocycles. The van der Waals surface area contributed by atoms with Crippen LogP contribution in [-0.2, 0) is 16.1 Å². The average Bonchev–Trinajstić information content (AvgIpc) is 2.95. The van der Waals surface area contributed by atoms with Crippen LogP contribution in [0.4, 0.5) is 0 Å². The van der Waals surface area contributed by atoms with Crippen molar-refractivity contribution in [2.75, 3.05) is 20.6 Å².